The van der Waals surface area contributed by atoms with Gasteiger partial charge in [-0.2, -0.15) is 15.4 Å². The van der Waals surface area contributed by atoms with E-state index in [0.717, 1.165) is 11.3 Å². The predicted octanol–water partition coefficient (Wildman–Crippen LogP) is 3.00. The molecule has 0 aliphatic carbocycles. The van der Waals surface area contributed by atoms with Crippen molar-refractivity contribution in [2.75, 3.05) is 5.32 Å². The minimum Gasteiger partial charge on any atom is -0.491 e. The van der Waals surface area contributed by atoms with Crippen molar-refractivity contribution in [2.24, 2.45) is 0 Å². The molecule has 2 aromatic carbocycles. The summed E-state index contributed by atoms with van der Waals surface area (Å²) in [6.07, 6.45) is 0.120. The van der Waals surface area contributed by atoms with Crippen molar-refractivity contribution >= 4 is 22.6 Å². The molecule has 0 atom stereocenters. The molecule has 2 N–H and O–H groups in total. The monoisotopic (exact) mass is 296 g/mol. The summed E-state index contributed by atoms with van der Waals surface area (Å²) in [6.45, 7) is 3.94. The molecule has 1 amide bonds. The highest BCUT2D eigenvalue weighted by molar-refractivity contribution is 6.05. The lowest BCUT2D eigenvalue weighted by atomic mass is 10.2. The number of nitrogens with zero attached hydrogens (tertiary/aromatic N) is 2. The third kappa shape index (κ3) is 3.06. The van der Waals surface area contributed by atoms with Crippen LogP contribution in [0.1, 0.15) is 24.2 Å². The van der Waals surface area contributed by atoms with Crippen LogP contribution < -0.4 is 10.1 Å². The molecule has 0 aliphatic heterocycles. The lowest BCUT2D eigenvalue weighted by molar-refractivity contribution is 0.102. The zero-order valence-corrected chi connectivity index (χ0v) is 12.3. The van der Waals surface area contributed by atoms with Gasteiger partial charge in [0, 0.05) is 11.3 Å². The molecule has 0 aliphatic rings. The van der Waals surface area contributed by atoms with Gasteiger partial charge in [0.15, 0.2) is 0 Å². The number of carbonyl (C=O) groups excluding carboxylic acids is 1. The van der Waals surface area contributed by atoms with E-state index in [1.807, 2.05) is 38.1 Å². The van der Waals surface area contributed by atoms with E-state index in [1.165, 1.54) is 0 Å². The number of carbonyl (C=O) groups is 1. The molecule has 1 heterocycles. The van der Waals surface area contributed by atoms with Crippen molar-refractivity contribution in [2.45, 2.75) is 20.0 Å². The summed E-state index contributed by atoms with van der Waals surface area (Å²) in [5.41, 5.74) is 2.63. The van der Waals surface area contributed by atoms with Crippen LogP contribution in [0, 0.1) is 0 Å². The van der Waals surface area contributed by atoms with Crippen LogP contribution in [0.25, 0.3) is 11.0 Å². The molecule has 0 saturated carbocycles. The van der Waals surface area contributed by atoms with Crippen LogP contribution in [0.15, 0.2) is 42.5 Å². The lowest BCUT2D eigenvalue weighted by Crippen LogP contribution is -2.12. The Morgan fingerprint density at radius 1 is 1.09 bits per heavy atom. The minimum atomic E-state index is -0.192. The van der Waals surface area contributed by atoms with E-state index in [2.05, 4.69) is 20.7 Å². The molecule has 0 fully saturated rings. The van der Waals surface area contributed by atoms with Crippen molar-refractivity contribution < 1.29 is 9.53 Å². The van der Waals surface area contributed by atoms with Gasteiger partial charge in [-0.25, -0.2) is 0 Å². The number of H-pyrrole nitrogens is 1. The first-order valence-corrected chi connectivity index (χ1v) is 7.00. The number of aromatic nitrogens is 3. The molecule has 0 bridgehead atoms. The Labute approximate surface area is 127 Å². The quantitative estimate of drug-likeness (QED) is 0.775. The number of hydrogen-bond acceptors (Lipinski definition) is 4. The van der Waals surface area contributed by atoms with Gasteiger partial charge in [-0.05, 0) is 56.3 Å². The maximum atomic E-state index is 12.2. The van der Waals surface area contributed by atoms with Gasteiger partial charge < -0.3 is 10.1 Å². The molecule has 1 aromatic heterocycles. The summed E-state index contributed by atoms with van der Waals surface area (Å²) in [4.78, 5) is 12.2. The van der Waals surface area contributed by atoms with Crippen molar-refractivity contribution in [3.63, 3.8) is 0 Å². The van der Waals surface area contributed by atoms with Crippen molar-refractivity contribution in [3.05, 3.63) is 48.0 Å². The molecule has 0 saturated heterocycles. The molecule has 22 heavy (non-hydrogen) atoms. The molecule has 3 rings (SSSR count). The van der Waals surface area contributed by atoms with Gasteiger partial charge in [0.05, 0.1) is 6.10 Å². The highest BCUT2D eigenvalue weighted by atomic mass is 16.5. The Balaban J connectivity index is 1.73. The molecular weight excluding hydrogens is 280 g/mol. The second kappa shape index (κ2) is 5.85. The highest BCUT2D eigenvalue weighted by Gasteiger charge is 2.08. The Kier molecular flexibility index (Phi) is 3.74. The third-order valence-electron chi connectivity index (χ3n) is 3.06. The number of nitrogens with one attached hydrogen (secondary N) is 2. The average molecular weight is 296 g/mol. The molecule has 6 nitrogen and oxygen atoms in total. The summed E-state index contributed by atoms with van der Waals surface area (Å²) < 4.78 is 5.57. The number of anilines is 1. The van der Waals surface area contributed by atoms with Crippen LogP contribution in [0.3, 0.4) is 0 Å². The van der Waals surface area contributed by atoms with Crippen LogP contribution >= 0.6 is 0 Å². The number of fused-ring (bicyclic) bond motifs is 1. The largest absolute Gasteiger partial charge is 0.491 e. The van der Waals surface area contributed by atoms with Gasteiger partial charge in [0.1, 0.15) is 16.8 Å². The minimum absolute atomic E-state index is 0.120. The van der Waals surface area contributed by atoms with Gasteiger partial charge in [-0.3, -0.25) is 4.79 Å². The fourth-order valence-corrected chi connectivity index (χ4v) is 2.07. The van der Waals surface area contributed by atoms with Crippen LogP contribution in [0.2, 0.25) is 0 Å². The van der Waals surface area contributed by atoms with E-state index in [4.69, 9.17) is 4.74 Å². The summed E-state index contributed by atoms with van der Waals surface area (Å²) in [7, 11) is 0. The predicted molar refractivity (Wildman–Crippen MR) is 84.0 cm³/mol. The zero-order valence-electron chi connectivity index (χ0n) is 12.3. The summed E-state index contributed by atoms with van der Waals surface area (Å²) in [5.74, 6) is 0.583. The van der Waals surface area contributed by atoms with Gasteiger partial charge in [-0.15, -0.1) is 0 Å². The molecule has 3 aromatic rings. The van der Waals surface area contributed by atoms with Gasteiger partial charge in [0.25, 0.3) is 5.91 Å². The Morgan fingerprint density at radius 3 is 2.55 bits per heavy atom. The maximum absolute atomic E-state index is 12.2. The normalized spacial score (nSPS) is 10.9. The number of rotatable bonds is 4. The van der Waals surface area contributed by atoms with Crippen molar-refractivity contribution in [1.82, 2.24) is 15.4 Å². The highest BCUT2D eigenvalue weighted by Crippen LogP contribution is 2.18. The number of ether oxygens (including phenoxy) is 1. The maximum Gasteiger partial charge on any atom is 0.255 e. The number of amides is 1. The molecule has 0 unspecified atom stereocenters. The van der Waals surface area contributed by atoms with E-state index in [1.54, 1.807) is 18.2 Å². The second-order valence-corrected chi connectivity index (χ2v) is 5.17. The van der Waals surface area contributed by atoms with Crippen LogP contribution in [0.5, 0.6) is 5.75 Å². The zero-order chi connectivity index (χ0) is 15.5. The number of hydrogen-bond donors (Lipinski definition) is 2. The number of aromatic amines is 1. The third-order valence-corrected chi connectivity index (χ3v) is 3.06. The van der Waals surface area contributed by atoms with Crippen LogP contribution in [-0.4, -0.2) is 27.4 Å². The molecule has 0 spiro atoms. The molecule has 6 heteroatoms. The van der Waals surface area contributed by atoms with E-state index in [-0.39, 0.29) is 12.0 Å². The van der Waals surface area contributed by atoms with E-state index in [0.29, 0.717) is 16.8 Å². The first-order valence-electron chi connectivity index (χ1n) is 7.00. The Bertz CT molecular complexity index is 793. The van der Waals surface area contributed by atoms with Gasteiger partial charge in [-0.1, -0.05) is 0 Å². The standard InChI is InChI=1S/C16H16N4O2/c1-10(2)22-13-6-4-12(5-7-13)17-16(21)11-3-8-14-15(9-11)19-20-18-14/h3-10H,1-2H3,(H,17,21)(H,18,19,20). The molecule has 112 valence electrons. The van der Waals surface area contributed by atoms with Crippen LogP contribution in [-0.2, 0) is 0 Å². The Morgan fingerprint density at radius 2 is 1.82 bits per heavy atom. The van der Waals surface area contributed by atoms with Crippen LogP contribution in [0.4, 0.5) is 5.69 Å². The SMILES string of the molecule is CC(C)Oc1ccc(NC(=O)c2ccc3n[nH]nc3c2)cc1. The first-order chi connectivity index (χ1) is 10.6. The first kappa shape index (κ1) is 14.1. The fraction of sp³-hybridized carbons (Fsp3) is 0.188. The summed E-state index contributed by atoms with van der Waals surface area (Å²) in [6, 6.07) is 12.5. The van der Waals surface area contributed by atoms with Crippen molar-refractivity contribution in [3.8, 4) is 5.75 Å². The topological polar surface area (TPSA) is 79.9 Å². The molecular formula is C16H16N4O2. The number of benzene rings is 2. The van der Waals surface area contributed by atoms with Crippen molar-refractivity contribution in [1.29, 1.82) is 0 Å². The van der Waals surface area contributed by atoms with E-state index < -0.39 is 0 Å². The Hall–Kier alpha value is -2.89. The van der Waals surface area contributed by atoms with E-state index >= 15 is 0 Å². The molecule has 0 radical (unpaired) electrons. The second-order valence-electron chi connectivity index (χ2n) is 5.17. The van der Waals surface area contributed by atoms with Gasteiger partial charge >= 0.3 is 0 Å². The summed E-state index contributed by atoms with van der Waals surface area (Å²) >= 11 is 0. The summed E-state index contributed by atoms with van der Waals surface area (Å²) in [5, 5.41) is 13.3. The van der Waals surface area contributed by atoms with Gasteiger partial charge in [0.2, 0.25) is 0 Å². The lowest BCUT2D eigenvalue weighted by Gasteiger charge is -2.10. The average Bonchev–Trinajstić information content (AvgIpc) is 2.96. The smallest absolute Gasteiger partial charge is 0.255 e. The van der Waals surface area contributed by atoms with E-state index in [9.17, 15) is 4.79 Å². The fourth-order valence-electron chi connectivity index (χ4n) is 2.07.